The average Bonchev–Trinajstić information content (AvgIpc) is 2.69. The summed E-state index contributed by atoms with van der Waals surface area (Å²) in [6, 6.07) is 7.92. The van der Waals surface area contributed by atoms with Crippen LogP contribution < -0.4 is 0 Å². The lowest BCUT2D eigenvalue weighted by Crippen LogP contribution is -2.26. The molecule has 18 heavy (non-hydrogen) atoms. The largest absolute Gasteiger partial charge is 0.443 e. The zero-order chi connectivity index (χ0) is 13.3. The molecule has 0 saturated heterocycles. The van der Waals surface area contributed by atoms with Gasteiger partial charge in [0.05, 0.1) is 5.52 Å². The minimum absolute atomic E-state index is 0.343. The van der Waals surface area contributed by atoms with Gasteiger partial charge in [-0.3, -0.25) is 4.57 Å². The van der Waals surface area contributed by atoms with Crippen LogP contribution in [0.2, 0.25) is 0 Å². The van der Waals surface area contributed by atoms with Gasteiger partial charge < -0.3 is 4.74 Å². The van der Waals surface area contributed by atoms with Gasteiger partial charge in [0.25, 0.3) is 0 Å². The first-order valence-electron chi connectivity index (χ1n) is 5.80. The van der Waals surface area contributed by atoms with Crippen molar-refractivity contribution in [1.29, 1.82) is 0 Å². The normalized spacial score (nSPS) is 11.8. The highest BCUT2D eigenvalue weighted by Gasteiger charge is 2.18. The maximum absolute atomic E-state index is 12.0. The van der Waals surface area contributed by atoms with Crippen LogP contribution in [0.4, 0.5) is 4.79 Å². The van der Waals surface area contributed by atoms with Gasteiger partial charge in [0, 0.05) is 16.9 Å². The van der Waals surface area contributed by atoms with E-state index in [1.807, 2.05) is 39.0 Å². The summed E-state index contributed by atoms with van der Waals surface area (Å²) in [6.07, 6.45) is 1.40. The fraction of sp³-hybridized carbons (Fsp3) is 0.357. The van der Waals surface area contributed by atoms with Crippen LogP contribution in [0.15, 0.2) is 30.5 Å². The van der Waals surface area contributed by atoms with E-state index < -0.39 is 5.60 Å². The predicted molar refractivity (Wildman–Crippen MR) is 76.2 cm³/mol. The number of hydrogen-bond donors (Lipinski definition) is 0. The highest BCUT2D eigenvalue weighted by molar-refractivity contribution is 9.08. The number of benzene rings is 1. The molecular weight excluding hydrogens is 294 g/mol. The molecule has 0 saturated carbocycles. The van der Waals surface area contributed by atoms with E-state index >= 15 is 0 Å². The molecule has 2 aromatic rings. The Hall–Kier alpha value is -1.29. The van der Waals surface area contributed by atoms with E-state index in [0.717, 1.165) is 16.2 Å². The Morgan fingerprint density at radius 1 is 1.33 bits per heavy atom. The van der Waals surface area contributed by atoms with Gasteiger partial charge in [-0.15, -0.1) is 0 Å². The molecule has 0 fully saturated rings. The lowest BCUT2D eigenvalue weighted by molar-refractivity contribution is 0.0544. The second-order valence-corrected chi connectivity index (χ2v) is 5.75. The standard InChI is InChI=1S/C14H16BrNO2/c1-14(2,3)18-13(17)16-7-6-11-8-10(9-15)4-5-12(11)16/h4-8H,9H2,1-3H3. The number of nitrogens with zero attached hydrogens (tertiary/aromatic N) is 1. The van der Waals surface area contributed by atoms with E-state index in [9.17, 15) is 4.79 Å². The quantitative estimate of drug-likeness (QED) is 0.735. The Balaban J connectivity index is 2.38. The smallest absolute Gasteiger partial charge is 0.418 e. The Labute approximate surface area is 115 Å². The summed E-state index contributed by atoms with van der Waals surface area (Å²) in [4.78, 5) is 12.0. The number of carbonyl (C=O) groups is 1. The molecule has 4 heteroatoms. The Kier molecular flexibility index (Phi) is 3.48. The summed E-state index contributed by atoms with van der Waals surface area (Å²) in [5, 5.41) is 1.85. The molecule has 0 aliphatic heterocycles. The minimum atomic E-state index is -0.483. The number of rotatable bonds is 1. The highest BCUT2D eigenvalue weighted by atomic mass is 79.9. The van der Waals surface area contributed by atoms with E-state index in [1.54, 1.807) is 10.8 Å². The predicted octanol–water partition coefficient (Wildman–Crippen LogP) is 4.32. The first kappa shape index (κ1) is 13.1. The van der Waals surface area contributed by atoms with Gasteiger partial charge in [-0.05, 0) is 44.5 Å². The molecular formula is C14H16BrNO2. The van der Waals surface area contributed by atoms with Crippen molar-refractivity contribution in [3.05, 3.63) is 36.0 Å². The maximum atomic E-state index is 12.0. The molecule has 0 amide bonds. The van der Waals surface area contributed by atoms with Crippen LogP contribution >= 0.6 is 15.9 Å². The number of ether oxygens (including phenoxy) is 1. The van der Waals surface area contributed by atoms with E-state index in [4.69, 9.17) is 4.74 Å². The molecule has 0 atom stereocenters. The van der Waals surface area contributed by atoms with Crippen molar-refractivity contribution in [2.45, 2.75) is 31.7 Å². The summed E-state index contributed by atoms with van der Waals surface area (Å²) in [6.45, 7) is 5.58. The van der Waals surface area contributed by atoms with E-state index in [0.29, 0.717) is 0 Å². The van der Waals surface area contributed by atoms with Crippen LogP contribution in [-0.4, -0.2) is 16.3 Å². The van der Waals surface area contributed by atoms with E-state index in [-0.39, 0.29) is 6.09 Å². The van der Waals surface area contributed by atoms with Crippen molar-refractivity contribution >= 4 is 32.9 Å². The van der Waals surface area contributed by atoms with Crippen LogP contribution in [0, 0.1) is 0 Å². The zero-order valence-corrected chi connectivity index (χ0v) is 12.3. The number of carbonyl (C=O) groups excluding carboxylic acids is 1. The number of fused-ring (bicyclic) bond motifs is 1. The summed E-state index contributed by atoms with van der Waals surface area (Å²) >= 11 is 3.42. The van der Waals surface area contributed by atoms with Crippen molar-refractivity contribution in [1.82, 2.24) is 4.57 Å². The Morgan fingerprint density at radius 2 is 2.06 bits per heavy atom. The maximum Gasteiger partial charge on any atom is 0.418 e. The Bertz CT molecular complexity index is 581. The van der Waals surface area contributed by atoms with Gasteiger partial charge in [0.2, 0.25) is 0 Å². The molecule has 0 radical (unpaired) electrons. The molecule has 0 spiro atoms. The fourth-order valence-electron chi connectivity index (χ4n) is 1.75. The topological polar surface area (TPSA) is 31.2 Å². The number of alkyl halides is 1. The molecule has 0 aliphatic rings. The van der Waals surface area contributed by atoms with Crippen molar-refractivity contribution in [2.75, 3.05) is 0 Å². The van der Waals surface area contributed by atoms with Crippen LogP contribution in [-0.2, 0) is 10.1 Å². The minimum Gasteiger partial charge on any atom is -0.443 e. The molecule has 0 aliphatic carbocycles. The lowest BCUT2D eigenvalue weighted by atomic mass is 10.2. The molecule has 96 valence electrons. The molecule has 0 unspecified atom stereocenters. The molecule has 1 heterocycles. The van der Waals surface area contributed by atoms with Gasteiger partial charge in [-0.25, -0.2) is 4.79 Å². The third-order valence-electron chi connectivity index (χ3n) is 2.50. The molecule has 1 aromatic heterocycles. The monoisotopic (exact) mass is 309 g/mol. The summed E-state index contributed by atoms with van der Waals surface area (Å²) < 4.78 is 6.90. The van der Waals surface area contributed by atoms with Crippen molar-refractivity contribution in [3.63, 3.8) is 0 Å². The van der Waals surface area contributed by atoms with Crippen LogP contribution in [0.5, 0.6) is 0 Å². The van der Waals surface area contributed by atoms with Gasteiger partial charge in [0.1, 0.15) is 5.60 Å². The second kappa shape index (κ2) is 4.76. The SMILES string of the molecule is CC(C)(C)OC(=O)n1ccc2cc(CBr)ccc21. The summed E-state index contributed by atoms with van der Waals surface area (Å²) in [5.41, 5.74) is 1.57. The summed E-state index contributed by atoms with van der Waals surface area (Å²) in [5.74, 6) is 0. The van der Waals surface area contributed by atoms with Crippen molar-refractivity contribution in [2.24, 2.45) is 0 Å². The van der Waals surface area contributed by atoms with Crippen LogP contribution in [0.1, 0.15) is 26.3 Å². The third-order valence-corrected chi connectivity index (χ3v) is 3.15. The zero-order valence-electron chi connectivity index (χ0n) is 10.7. The Morgan fingerprint density at radius 3 is 2.67 bits per heavy atom. The van der Waals surface area contributed by atoms with E-state index in [1.165, 1.54) is 5.56 Å². The fourth-order valence-corrected chi connectivity index (χ4v) is 2.09. The van der Waals surface area contributed by atoms with Crippen LogP contribution in [0.3, 0.4) is 0 Å². The molecule has 3 nitrogen and oxygen atoms in total. The molecule has 2 rings (SSSR count). The van der Waals surface area contributed by atoms with Crippen LogP contribution in [0.25, 0.3) is 10.9 Å². The number of aromatic nitrogens is 1. The van der Waals surface area contributed by atoms with Gasteiger partial charge in [-0.2, -0.15) is 0 Å². The average molecular weight is 310 g/mol. The molecule has 0 N–H and O–H groups in total. The van der Waals surface area contributed by atoms with Crippen molar-refractivity contribution in [3.8, 4) is 0 Å². The molecule has 1 aromatic carbocycles. The van der Waals surface area contributed by atoms with Crippen molar-refractivity contribution < 1.29 is 9.53 Å². The first-order chi connectivity index (χ1) is 8.40. The van der Waals surface area contributed by atoms with E-state index in [2.05, 4.69) is 22.0 Å². The lowest BCUT2D eigenvalue weighted by Gasteiger charge is -2.19. The number of hydrogen-bond acceptors (Lipinski definition) is 2. The second-order valence-electron chi connectivity index (χ2n) is 5.19. The van der Waals surface area contributed by atoms with Gasteiger partial charge in [-0.1, -0.05) is 22.0 Å². The number of halogens is 1. The first-order valence-corrected chi connectivity index (χ1v) is 6.92. The van der Waals surface area contributed by atoms with Gasteiger partial charge >= 0.3 is 6.09 Å². The highest BCUT2D eigenvalue weighted by Crippen LogP contribution is 2.20. The summed E-state index contributed by atoms with van der Waals surface area (Å²) in [7, 11) is 0. The third kappa shape index (κ3) is 2.75. The molecule has 0 bridgehead atoms. The van der Waals surface area contributed by atoms with Gasteiger partial charge in [0.15, 0.2) is 0 Å².